The Morgan fingerprint density at radius 1 is 1.00 bits per heavy atom. The predicted octanol–water partition coefficient (Wildman–Crippen LogP) is 5.25. The smallest absolute Gasteiger partial charge is 0.163 e. The number of nitrogens with one attached hydrogen (secondary N) is 1. The number of anilines is 1. The standard InChI is InChI=1S/C15H12Br2ClNO2/c16-10-2-1-9(5-12(10)18)8-19-13-7-15-14(6-11(13)17)20-3-4-21-15/h1-2,5-7,19H,3-4,8H2. The Morgan fingerprint density at radius 2 is 1.71 bits per heavy atom. The molecule has 0 saturated heterocycles. The minimum Gasteiger partial charge on any atom is -0.486 e. The van der Waals surface area contributed by atoms with Crippen molar-refractivity contribution in [3.8, 4) is 11.5 Å². The fraction of sp³-hybridized carbons (Fsp3) is 0.200. The van der Waals surface area contributed by atoms with Crippen LogP contribution in [0.3, 0.4) is 0 Å². The molecule has 0 bridgehead atoms. The third-order valence-corrected chi connectivity index (χ3v) is 4.99. The molecular weight excluding hydrogens is 421 g/mol. The van der Waals surface area contributed by atoms with E-state index in [9.17, 15) is 0 Å². The highest BCUT2D eigenvalue weighted by molar-refractivity contribution is 9.11. The van der Waals surface area contributed by atoms with Crippen LogP contribution in [0.2, 0.25) is 5.02 Å². The molecule has 2 aromatic carbocycles. The Kier molecular flexibility index (Phi) is 4.62. The molecule has 0 atom stereocenters. The van der Waals surface area contributed by atoms with E-state index in [1.807, 2.05) is 30.3 Å². The first kappa shape index (κ1) is 15.0. The van der Waals surface area contributed by atoms with Crippen molar-refractivity contribution >= 4 is 49.1 Å². The molecule has 0 aromatic heterocycles. The Balaban J connectivity index is 1.77. The van der Waals surface area contributed by atoms with Crippen LogP contribution in [-0.4, -0.2) is 13.2 Å². The van der Waals surface area contributed by atoms with Gasteiger partial charge in [0.2, 0.25) is 0 Å². The summed E-state index contributed by atoms with van der Waals surface area (Å²) in [5, 5.41) is 4.07. The zero-order valence-corrected chi connectivity index (χ0v) is 14.9. The van der Waals surface area contributed by atoms with Gasteiger partial charge in [-0.25, -0.2) is 0 Å². The van der Waals surface area contributed by atoms with Gasteiger partial charge in [-0.3, -0.25) is 0 Å². The monoisotopic (exact) mass is 431 g/mol. The van der Waals surface area contributed by atoms with Crippen LogP contribution in [-0.2, 0) is 6.54 Å². The van der Waals surface area contributed by atoms with E-state index >= 15 is 0 Å². The first-order valence-corrected chi connectivity index (χ1v) is 8.37. The van der Waals surface area contributed by atoms with Gasteiger partial charge >= 0.3 is 0 Å². The average Bonchev–Trinajstić information content (AvgIpc) is 2.48. The predicted molar refractivity (Wildman–Crippen MR) is 91.6 cm³/mol. The van der Waals surface area contributed by atoms with Crippen molar-refractivity contribution in [2.24, 2.45) is 0 Å². The van der Waals surface area contributed by atoms with E-state index in [0.29, 0.717) is 24.8 Å². The van der Waals surface area contributed by atoms with Crippen LogP contribution in [0.5, 0.6) is 11.5 Å². The molecule has 3 nitrogen and oxygen atoms in total. The Hall–Kier alpha value is -0.910. The van der Waals surface area contributed by atoms with Crippen molar-refractivity contribution in [3.05, 3.63) is 49.9 Å². The molecule has 1 aliphatic rings. The van der Waals surface area contributed by atoms with Gasteiger partial charge in [0.25, 0.3) is 0 Å². The summed E-state index contributed by atoms with van der Waals surface area (Å²) in [6, 6.07) is 9.77. The van der Waals surface area contributed by atoms with Crippen LogP contribution in [0.25, 0.3) is 0 Å². The number of rotatable bonds is 3. The van der Waals surface area contributed by atoms with E-state index in [-0.39, 0.29) is 0 Å². The van der Waals surface area contributed by atoms with Crippen LogP contribution in [0.4, 0.5) is 5.69 Å². The second-order valence-electron chi connectivity index (χ2n) is 4.58. The van der Waals surface area contributed by atoms with Gasteiger partial charge in [-0.1, -0.05) is 17.7 Å². The summed E-state index contributed by atoms with van der Waals surface area (Å²) in [5.41, 5.74) is 2.06. The van der Waals surface area contributed by atoms with E-state index in [0.717, 1.165) is 31.7 Å². The maximum Gasteiger partial charge on any atom is 0.163 e. The fourth-order valence-corrected chi connectivity index (χ4v) is 2.96. The number of halogens is 3. The zero-order valence-electron chi connectivity index (χ0n) is 11.0. The Labute approximate surface area is 144 Å². The summed E-state index contributed by atoms with van der Waals surface area (Å²) < 4.78 is 13.0. The first-order chi connectivity index (χ1) is 10.1. The SMILES string of the molecule is Clc1cc(CNc2cc3c(cc2Br)OCCO3)ccc1Br. The molecule has 1 aliphatic heterocycles. The third kappa shape index (κ3) is 3.47. The van der Waals surface area contributed by atoms with Crippen molar-refractivity contribution in [2.75, 3.05) is 18.5 Å². The molecule has 6 heteroatoms. The molecule has 1 N–H and O–H groups in total. The first-order valence-electron chi connectivity index (χ1n) is 6.40. The lowest BCUT2D eigenvalue weighted by atomic mass is 10.2. The number of ether oxygens (including phenoxy) is 2. The second-order valence-corrected chi connectivity index (χ2v) is 6.69. The zero-order chi connectivity index (χ0) is 14.8. The molecule has 0 aliphatic carbocycles. The normalized spacial score (nSPS) is 13.1. The van der Waals surface area contributed by atoms with Crippen LogP contribution >= 0.6 is 43.5 Å². The molecule has 21 heavy (non-hydrogen) atoms. The Morgan fingerprint density at radius 3 is 2.43 bits per heavy atom. The lowest BCUT2D eigenvalue weighted by molar-refractivity contribution is 0.171. The van der Waals surface area contributed by atoms with Crippen LogP contribution < -0.4 is 14.8 Å². The molecule has 110 valence electrons. The maximum absolute atomic E-state index is 6.10. The number of benzene rings is 2. The molecule has 0 radical (unpaired) electrons. The van der Waals surface area contributed by atoms with E-state index in [2.05, 4.69) is 37.2 Å². The van der Waals surface area contributed by atoms with Gasteiger partial charge in [0.1, 0.15) is 13.2 Å². The van der Waals surface area contributed by atoms with Crippen molar-refractivity contribution < 1.29 is 9.47 Å². The van der Waals surface area contributed by atoms with E-state index in [1.165, 1.54) is 0 Å². The van der Waals surface area contributed by atoms with Crippen molar-refractivity contribution in [1.82, 2.24) is 0 Å². The topological polar surface area (TPSA) is 30.5 Å². The quantitative estimate of drug-likeness (QED) is 0.717. The molecule has 0 saturated carbocycles. The largest absolute Gasteiger partial charge is 0.486 e. The molecule has 3 rings (SSSR count). The third-order valence-electron chi connectivity index (χ3n) is 3.10. The summed E-state index contributed by atoms with van der Waals surface area (Å²) >= 11 is 13.0. The van der Waals surface area contributed by atoms with Crippen LogP contribution in [0.15, 0.2) is 39.3 Å². The number of hydrogen-bond donors (Lipinski definition) is 1. The molecule has 0 amide bonds. The van der Waals surface area contributed by atoms with Gasteiger partial charge in [0.05, 0.1) is 10.7 Å². The molecule has 0 spiro atoms. The second kappa shape index (κ2) is 6.46. The Bertz CT molecular complexity index is 679. The minimum atomic E-state index is 0.580. The summed E-state index contributed by atoms with van der Waals surface area (Å²) in [6.07, 6.45) is 0. The van der Waals surface area contributed by atoms with Crippen LogP contribution in [0, 0.1) is 0 Å². The molecule has 0 fully saturated rings. The fourth-order valence-electron chi connectivity index (χ4n) is 2.05. The highest BCUT2D eigenvalue weighted by Gasteiger charge is 2.14. The van der Waals surface area contributed by atoms with E-state index in [1.54, 1.807) is 0 Å². The van der Waals surface area contributed by atoms with E-state index < -0.39 is 0 Å². The van der Waals surface area contributed by atoms with Crippen molar-refractivity contribution in [2.45, 2.75) is 6.54 Å². The lowest BCUT2D eigenvalue weighted by Gasteiger charge is -2.20. The van der Waals surface area contributed by atoms with Crippen LogP contribution in [0.1, 0.15) is 5.56 Å². The lowest BCUT2D eigenvalue weighted by Crippen LogP contribution is -2.15. The van der Waals surface area contributed by atoms with E-state index in [4.69, 9.17) is 21.1 Å². The maximum atomic E-state index is 6.10. The number of hydrogen-bond acceptors (Lipinski definition) is 3. The van der Waals surface area contributed by atoms with Crippen molar-refractivity contribution in [3.63, 3.8) is 0 Å². The molecule has 1 heterocycles. The summed E-state index contributed by atoms with van der Waals surface area (Å²) in [6.45, 7) is 1.84. The molecular formula is C15H12Br2ClNO2. The summed E-state index contributed by atoms with van der Waals surface area (Å²) in [5.74, 6) is 1.53. The van der Waals surface area contributed by atoms with Gasteiger partial charge in [-0.15, -0.1) is 0 Å². The number of fused-ring (bicyclic) bond motifs is 1. The van der Waals surface area contributed by atoms with Gasteiger partial charge < -0.3 is 14.8 Å². The van der Waals surface area contributed by atoms with Gasteiger partial charge in [0, 0.05) is 27.6 Å². The minimum absolute atomic E-state index is 0.580. The summed E-state index contributed by atoms with van der Waals surface area (Å²) in [4.78, 5) is 0. The van der Waals surface area contributed by atoms with Crippen molar-refractivity contribution in [1.29, 1.82) is 0 Å². The summed E-state index contributed by atoms with van der Waals surface area (Å²) in [7, 11) is 0. The van der Waals surface area contributed by atoms with Gasteiger partial charge in [0.15, 0.2) is 11.5 Å². The average molecular weight is 434 g/mol. The highest BCUT2D eigenvalue weighted by Crippen LogP contribution is 2.38. The van der Waals surface area contributed by atoms with Gasteiger partial charge in [-0.2, -0.15) is 0 Å². The molecule has 2 aromatic rings. The molecule has 0 unspecified atom stereocenters. The van der Waals surface area contributed by atoms with Gasteiger partial charge in [-0.05, 0) is 49.6 Å². The highest BCUT2D eigenvalue weighted by atomic mass is 79.9.